The van der Waals surface area contributed by atoms with Crippen LogP contribution in [0.3, 0.4) is 0 Å². The Labute approximate surface area is 97.7 Å². The number of piperazine rings is 3. The largest absolute Gasteiger partial charge is 0.370 e. The summed E-state index contributed by atoms with van der Waals surface area (Å²) in [7, 11) is 0. The molecule has 2 bridgehead atoms. The molecule has 1 atom stereocenters. The Kier molecular flexibility index (Phi) is 4.01. The average molecular weight is 225 g/mol. The van der Waals surface area contributed by atoms with Crippen molar-refractivity contribution >= 4 is 5.96 Å². The van der Waals surface area contributed by atoms with E-state index in [9.17, 15) is 0 Å². The van der Waals surface area contributed by atoms with Gasteiger partial charge in [-0.2, -0.15) is 0 Å². The fraction of sp³-hybridized carbons (Fsp3) is 0.909. The van der Waals surface area contributed by atoms with E-state index in [2.05, 4.69) is 27.0 Å². The molecule has 5 heteroatoms. The van der Waals surface area contributed by atoms with Crippen molar-refractivity contribution in [1.29, 1.82) is 0 Å². The van der Waals surface area contributed by atoms with Crippen LogP contribution >= 0.6 is 0 Å². The number of aliphatic imine (C=N–C) groups is 1. The summed E-state index contributed by atoms with van der Waals surface area (Å²) in [6.45, 7) is 9.87. The zero-order chi connectivity index (χ0) is 11.4. The van der Waals surface area contributed by atoms with E-state index in [0.717, 1.165) is 26.1 Å². The minimum absolute atomic E-state index is 0.574. The van der Waals surface area contributed by atoms with E-state index < -0.39 is 0 Å². The number of rotatable bonds is 4. The van der Waals surface area contributed by atoms with Crippen LogP contribution in [0.5, 0.6) is 0 Å². The maximum atomic E-state index is 5.78. The number of nitrogens with two attached hydrogens (primary N) is 1. The Balaban J connectivity index is 1.77. The normalized spacial score (nSPS) is 34.1. The van der Waals surface area contributed by atoms with Crippen LogP contribution in [0.15, 0.2) is 4.99 Å². The lowest BCUT2D eigenvalue weighted by molar-refractivity contribution is 0.0174. The van der Waals surface area contributed by atoms with E-state index in [1.165, 1.54) is 26.2 Å². The van der Waals surface area contributed by atoms with Gasteiger partial charge in [-0.3, -0.25) is 14.8 Å². The molecule has 0 saturated carbocycles. The van der Waals surface area contributed by atoms with E-state index in [1.54, 1.807) is 0 Å². The number of nitrogens with zero attached hydrogens (tertiary/aromatic N) is 3. The minimum atomic E-state index is 0.574. The molecule has 0 aromatic carbocycles. The predicted molar refractivity (Wildman–Crippen MR) is 66.6 cm³/mol. The lowest BCUT2D eigenvalue weighted by Gasteiger charge is -2.47. The SMILES string of the molecule is CCCNC(N)=NCC1CN2CCN1CC2. The molecule has 3 rings (SSSR count). The second-order valence-electron chi connectivity index (χ2n) is 4.64. The zero-order valence-electron chi connectivity index (χ0n) is 10.2. The molecule has 3 saturated heterocycles. The summed E-state index contributed by atoms with van der Waals surface area (Å²) in [5, 5.41) is 3.11. The highest BCUT2D eigenvalue weighted by molar-refractivity contribution is 5.77. The molecule has 0 amide bonds. The van der Waals surface area contributed by atoms with Crippen LogP contribution in [-0.2, 0) is 0 Å². The molecule has 92 valence electrons. The maximum Gasteiger partial charge on any atom is 0.188 e. The average Bonchev–Trinajstić information content (AvgIpc) is 2.35. The number of nitrogens with one attached hydrogen (secondary N) is 1. The van der Waals surface area contributed by atoms with Gasteiger partial charge in [0.2, 0.25) is 0 Å². The maximum absolute atomic E-state index is 5.78. The molecule has 0 radical (unpaired) electrons. The third kappa shape index (κ3) is 2.86. The Bertz CT molecular complexity index is 245. The predicted octanol–water partition coefficient (Wildman–Crippen LogP) is -0.699. The van der Waals surface area contributed by atoms with Crippen LogP contribution < -0.4 is 11.1 Å². The third-order valence-corrected chi connectivity index (χ3v) is 3.42. The minimum Gasteiger partial charge on any atom is -0.370 e. The summed E-state index contributed by atoms with van der Waals surface area (Å²) >= 11 is 0. The molecule has 1 unspecified atom stereocenters. The van der Waals surface area contributed by atoms with Gasteiger partial charge in [0, 0.05) is 45.3 Å². The Morgan fingerprint density at radius 2 is 2.12 bits per heavy atom. The van der Waals surface area contributed by atoms with E-state index in [1.807, 2.05) is 0 Å². The molecule has 3 aliphatic rings. The third-order valence-electron chi connectivity index (χ3n) is 3.42. The van der Waals surface area contributed by atoms with Gasteiger partial charge >= 0.3 is 0 Å². The van der Waals surface area contributed by atoms with Crippen molar-refractivity contribution in [1.82, 2.24) is 15.1 Å². The van der Waals surface area contributed by atoms with Crippen LogP contribution in [0.4, 0.5) is 0 Å². The number of guanidine groups is 1. The van der Waals surface area contributed by atoms with Crippen LogP contribution in [0.1, 0.15) is 13.3 Å². The number of hydrogen-bond donors (Lipinski definition) is 2. The number of hydrogen-bond acceptors (Lipinski definition) is 3. The molecule has 0 aromatic rings. The van der Waals surface area contributed by atoms with E-state index in [4.69, 9.17) is 5.73 Å². The topological polar surface area (TPSA) is 56.9 Å². The summed E-state index contributed by atoms with van der Waals surface area (Å²) in [6.07, 6.45) is 1.08. The highest BCUT2D eigenvalue weighted by atomic mass is 15.3. The van der Waals surface area contributed by atoms with Gasteiger partial charge in [-0.05, 0) is 6.42 Å². The van der Waals surface area contributed by atoms with Gasteiger partial charge in [-0.25, -0.2) is 0 Å². The molecular weight excluding hydrogens is 202 g/mol. The summed E-state index contributed by atoms with van der Waals surface area (Å²) in [5.41, 5.74) is 5.78. The van der Waals surface area contributed by atoms with Gasteiger partial charge in [0.1, 0.15) is 0 Å². The Hall–Kier alpha value is -0.810. The van der Waals surface area contributed by atoms with Crippen molar-refractivity contribution in [3.05, 3.63) is 0 Å². The molecule has 3 N–H and O–H groups in total. The molecular formula is C11H23N5. The Morgan fingerprint density at radius 3 is 2.69 bits per heavy atom. The molecule has 5 nitrogen and oxygen atoms in total. The zero-order valence-corrected chi connectivity index (χ0v) is 10.2. The van der Waals surface area contributed by atoms with Crippen molar-refractivity contribution in [2.24, 2.45) is 10.7 Å². The number of fused-ring (bicyclic) bond motifs is 3. The van der Waals surface area contributed by atoms with Crippen LogP contribution in [-0.4, -0.2) is 67.6 Å². The lowest BCUT2D eigenvalue weighted by atomic mass is 10.1. The van der Waals surface area contributed by atoms with E-state index in [0.29, 0.717) is 12.0 Å². The van der Waals surface area contributed by atoms with Crippen LogP contribution in [0, 0.1) is 0 Å². The van der Waals surface area contributed by atoms with Crippen molar-refractivity contribution < 1.29 is 0 Å². The molecule has 0 spiro atoms. The van der Waals surface area contributed by atoms with Gasteiger partial charge in [0.15, 0.2) is 5.96 Å². The highest BCUT2D eigenvalue weighted by Gasteiger charge is 2.31. The summed E-state index contributed by atoms with van der Waals surface area (Å²) < 4.78 is 0. The monoisotopic (exact) mass is 225 g/mol. The van der Waals surface area contributed by atoms with Gasteiger partial charge < -0.3 is 11.1 Å². The van der Waals surface area contributed by atoms with Crippen molar-refractivity contribution in [2.75, 3.05) is 45.8 Å². The second kappa shape index (κ2) is 5.50. The van der Waals surface area contributed by atoms with Gasteiger partial charge in [-0.1, -0.05) is 6.92 Å². The molecule has 0 aromatic heterocycles. The summed E-state index contributed by atoms with van der Waals surface area (Å²) in [6, 6.07) is 0.574. The first kappa shape index (κ1) is 11.7. The molecule has 3 fully saturated rings. The highest BCUT2D eigenvalue weighted by Crippen LogP contribution is 2.15. The second-order valence-corrected chi connectivity index (χ2v) is 4.64. The van der Waals surface area contributed by atoms with Gasteiger partial charge in [-0.15, -0.1) is 0 Å². The molecule has 0 aliphatic carbocycles. The van der Waals surface area contributed by atoms with Crippen LogP contribution in [0.2, 0.25) is 0 Å². The van der Waals surface area contributed by atoms with E-state index >= 15 is 0 Å². The fourth-order valence-corrected chi connectivity index (χ4v) is 2.41. The standard InChI is InChI=1S/C11H23N5/c1-2-3-13-11(12)14-8-10-9-15-4-6-16(10)7-5-15/h10H,2-9H2,1H3,(H3,12,13,14). The van der Waals surface area contributed by atoms with Crippen molar-refractivity contribution in [2.45, 2.75) is 19.4 Å². The molecule has 3 aliphatic heterocycles. The van der Waals surface area contributed by atoms with Gasteiger partial charge in [0.05, 0.1) is 6.54 Å². The molecule has 3 heterocycles. The quantitative estimate of drug-likeness (QED) is 0.491. The van der Waals surface area contributed by atoms with Gasteiger partial charge in [0.25, 0.3) is 0 Å². The van der Waals surface area contributed by atoms with E-state index in [-0.39, 0.29) is 0 Å². The van der Waals surface area contributed by atoms with Crippen molar-refractivity contribution in [3.8, 4) is 0 Å². The van der Waals surface area contributed by atoms with Crippen molar-refractivity contribution in [3.63, 3.8) is 0 Å². The summed E-state index contributed by atoms with van der Waals surface area (Å²) in [5.74, 6) is 0.597. The first-order chi connectivity index (χ1) is 7.79. The van der Waals surface area contributed by atoms with Crippen LogP contribution in [0.25, 0.3) is 0 Å². The first-order valence-corrected chi connectivity index (χ1v) is 6.30. The first-order valence-electron chi connectivity index (χ1n) is 6.30. The Morgan fingerprint density at radius 1 is 1.38 bits per heavy atom. The summed E-state index contributed by atoms with van der Waals surface area (Å²) in [4.78, 5) is 9.48. The lowest BCUT2D eigenvalue weighted by Crippen LogP contribution is -2.61. The fourth-order valence-electron chi connectivity index (χ4n) is 2.41. The molecule has 16 heavy (non-hydrogen) atoms. The smallest absolute Gasteiger partial charge is 0.188 e.